The van der Waals surface area contributed by atoms with Gasteiger partial charge >= 0.3 is 0 Å². The van der Waals surface area contributed by atoms with Gasteiger partial charge in [0.05, 0.1) is 0 Å². The molecule has 4 nitrogen and oxygen atoms in total. The lowest BCUT2D eigenvalue weighted by atomic mass is 10.4. The van der Waals surface area contributed by atoms with Gasteiger partial charge in [0.1, 0.15) is 0 Å². The highest BCUT2D eigenvalue weighted by molar-refractivity contribution is 5.93. The maximum atomic E-state index is 11.2. The number of nitrogens with zero attached hydrogens (tertiary/aromatic N) is 3. The van der Waals surface area contributed by atoms with Crippen LogP contribution in [0.15, 0.2) is 18.5 Å². The van der Waals surface area contributed by atoms with E-state index in [9.17, 15) is 4.79 Å². The third-order valence-electron chi connectivity index (χ3n) is 1.87. The number of rotatable bonds is 1. The molecule has 0 radical (unpaired) electrons. The molecule has 0 bridgehead atoms. The van der Waals surface area contributed by atoms with Gasteiger partial charge in [0.15, 0.2) is 0 Å². The average molecular weight is 163 g/mol. The Kier molecular flexibility index (Phi) is 1.74. The predicted octanol–water partition coefficient (Wildman–Crippen LogP) is 0.603. The third-order valence-corrected chi connectivity index (χ3v) is 1.87. The van der Waals surface area contributed by atoms with Crippen molar-refractivity contribution in [3.8, 4) is 0 Å². The van der Waals surface area contributed by atoms with E-state index in [0.717, 1.165) is 13.0 Å². The van der Waals surface area contributed by atoms with Crippen molar-refractivity contribution in [2.45, 2.75) is 12.8 Å². The molecule has 0 N–H and O–H groups in total. The zero-order valence-electron chi connectivity index (χ0n) is 6.60. The summed E-state index contributed by atoms with van der Waals surface area (Å²) < 4.78 is 0. The minimum Gasteiger partial charge on any atom is -0.281 e. The summed E-state index contributed by atoms with van der Waals surface area (Å²) in [6.45, 7) is 0.753. The molecule has 1 aromatic rings. The minimum atomic E-state index is 0.126. The van der Waals surface area contributed by atoms with Crippen molar-refractivity contribution in [3.05, 3.63) is 18.5 Å². The Hall–Kier alpha value is -1.45. The molecule has 0 spiro atoms. The minimum absolute atomic E-state index is 0.126. The maximum absolute atomic E-state index is 11.2. The lowest BCUT2D eigenvalue weighted by Gasteiger charge is -2.11. The summed E-state index contributed by atoms with van der Waals surface area (Å²) >= 11 is 0. The standard InChI is InChI=1S/C8H9N3O/c12-7-3-1-6-11(7)8-9-4-2-5-10-8/h2,4-5H,1,3,6H2. The summed E-state index contributed by atoms with van der Waals surface area (Å²) in [5.41, 5.74) is 0. The fourth-order valence-corrected chi connectivity index (χ4v) is 1.29. The maximum Gasteiger partial charge on any atom is 0.232 e. The normalized spacial score (nSPS) is 17.0. The lowest BCUT2D eigenvalue weighted by molar-refractivity contribution is -0.117. The zero-order valence-corrected chi connectivity index (χ0v) is 6.60. The van der Waals surface area contributed by atoms with Crippen LogP contribution in [0.5, 0.6) is 0 Å². The molecule has 0 atom stereocenters. The van der Waals surface area contributed by atoms with E-state index < -0.39 is 0 Å². The van der Waals surface area contributed by atoms with E-state index in [2.05, 4.69) is 9.97 Å². The van der Waals surface area contributed by atoms with Gasteiger partial charge in [-0.25, -0.2) is 9.97 Å². The molecule has 12 heavy (non-hydrogen) atoms. The molecule has 2 rings (SSSR count). The van der Waals surface area contributed by atoms with Gasteiger partial charge in [-0.1, -0.05) is 0 Å². The highest BCUT2D eigenvalue weighted by Gasteiger charge is 2.23. The summed E-state index contributed by atoms with van der Waals surface area (Å²) in [7, 11) is 0. The first-order chi connectivity index (χ1) is 5.88. The number of amides is 1. The first-order valence-electron chi connectivity index (χ1n) is 3.95. The average Bonchev–Trinajstić information content (AvgIpc) is 2.53. The van der Waals surface area contributed by atoms with Crippen molar-refractivity contribution >= 4 is 11.9 Å². The Bertz CT molecular complexity index is 286. The Balaban J connectivity index is 2.25. The zero-order chi connectivity index (χ0) is 8.39. The van der Waals surface area contributed by atoms with E-state index in [1.165, 1.54) is 0 Å². The van der Waals surface area contributed by atoms with Gasteiger partial charge < -0.3 is 0 Å². The monoisotopic (exact) mass is 163 g/mol. The van der Waals surface area contributed by atoms with Crippen molar-refractivity contribution in [1.82, 2.24) is 9.97 Å². The van der Waals surface area contributed by atoms with Crippen molar-refractivity contribution < 1.29 is 4.79 Å². The van der Waals surface area contributed by atoms with E-state index in [1.807, 2.05) is 0 Å². The SMILES string of the molecule is O=C1CCCN1c1ncccn1. The van der Waals surface area contributed by atoms with Crippen LogP contribution in [-0.2, 0) is 4.79 Å². The molecule has 62 valence electrons. The third kappa shape index (κ3) is 1.15. The van der Waals surface area contributed by atoms with E-state index >= 15 is 0 Å². The summed E-state index contributed by atoms with van der Waals surface area (Å²) in [6, 6.07) is 1.74. The summed E-state index contributed by atoms with van der Waals surface area (Å²) in [6.07, 6.45) is 4.83. The van der Waals surface area contributed by atoms with Crippen LogP contribution in [0, 0.1) is 0 Å². The molecule has 0 saturated carbocycles. The van der Waals surface area contributed by atoms with Crippen LogP contribution in [0.3, 0.4) is 0 Å². The van der Waals surface area contributed by atoms with Crippen LogP contribution in [0.25, 0.3) is 0 Å². The van der Waals surface area contributed by atoms with Gasteiger partial charge in [-0.3, -0.25) is 9.69 Å². The Morgan fingerprint density at radius 3 is 2.67 bits per heavy atom. The van der Waals surface area contributed by atoms with Crippen LogP contribution in [0.1, 0.15) is 12.8 Å². The Morgan fingerprint density at radius 1 is 1.33 bits per heavy atom. The Labute approximate surface area is 70.2 Å². The van der Waals surface area contributed by atoms with Gasteiger partial charge in [0.25, 0.3) is 0 Å². The highest BCUT2D eigenvalue weighted by atomic mass is 16.2. The second-order valence-corrected chi connectivity index (χ2v) is 2.70. The molecular formula is C8H9N3O. The van der Waals surface area contributed by atoms with Crippen LogP contribution >= 0.6 is 0 Å². The second kappa shape index (κ2) is 2.89. The first kappa shape index (κ1) is 7.21. The van der Waals surface area contributed by atoms with Crippen molar-refractivity contribution in [2.24, 2.45) is 0 Å². The molecule has 4 heteroatoms. The van der Waals surface area contributed by atoms with E-state index in [1.54, 1.807) is 23.4 Å². The lowest BCUT2D eigenvalue weighted by Crippen LogP contribution is -2.25. The molecule has 1 aliphatic rings. The number of hydrogen-bond donors (Lipinski definition) is 0. The number of carbonyl (C=O) groups is 1. The topological polar surface area (TPSA) is 46.1 Å². The van der Waals surface area contributed by atoms with Crippen molar-refractivity contribution in [3.63, 3.8) is 0 Å². The van der Waals surface area contributed by atoms with Gasteiger partial charge in [-0.2, -0.15) is 0 Å². The molecule has 1 amide bonds. The number of anilines is 1. The number of aromatic nitrogens is 2. The summed E-state index contributed by atoms with van der Waals surface area (Å²) in [4.78, 5) is 20.9. The molecule has 0 aliphatic carbocycles. The van der Waals surface area contributed by atoms with Crippen LogP contribution in [-0.4, -0.2) is 22.4 Å². The molecule has 0 aromatic carbocycles. The van der Waals surface area contributed by atoms with Crippen molar-refractivity contribution in [1.29, 1.82) is 0 Å². The molecule has 2 heterocycles. The largest absolute Gasteiger partial charge is 0.281 e. The molecule has 1 saturated heterocycles. The van der Waals surface area contributed by atoms with Crippen LogP contribution < -0.4 is 4.90 Å². The van der Waals surface area contributed by atoms with E-state index in [0.29, 0.717) is 12.4 Å². The molecule has 0 unspecified atom stereocenters. The highest BCUT2D eigenvalue weighted by Crippen LogP contribution is 2.15. The fraction of sp³-hybridized carbons (Fsp3) is 0.375. The van der Waals surface area contributed by atoms with Gasteiger partial charge in [-0.05, 0) is 12.5 Å². The fourth-order valence-electron chi connectivity index (χ4n) is 1.29. The molecule has 1 fully saturated rings. The molecule has 1 aliphatic heterocycles. The predicted molar refractivity (Wildman–Crippen MR) is 43.6 cm³/mol. The van der Waals surface area contributed by atoms with Gasteiger partial charge in [0.2, 0.25) is 11.9 Å². The number of carbonyl (C=O) groups excluding carboxylic acids is 1. The van der Waals surface area contributed by atoms with E-state index in [4.69, 9.17) is 0 Å². The van der Waals surface area contributed by atoms with E-state index in [-0.39, 0.29) is 5.91 Å². The number of hydrogen-bond acceptors (Lipinski definition) is 3. The molecule has 1 aromatic heterocycles. The molecular weight excluding hydrogens is 154 g/mol. The second-order valence-electron chi connectivity index (χ2n) is 2.70. The summed E-state index contributed by atoms with van der Waals surface area (Å²) in [5, 5.41) is 0. The van der Waals surface area contributed by atoms with Crippen LogP contribution in [0.2, 0.25) is 0 Å². The van der Waals surface area contributed by atoms with Gasteiger partial charge in [0, 0.05) is 25.4 Å². The first-order valence-corrected chi connectivity index (χ1v) is 3.95. The Morgan fingerprint density at radius 2 is 2.08 bits per heavy atom. The smallest absolute Gasteiger partial charge is 0.232 e. The summed E-state index contributed by atoms with van der Waals surface area (Å²) in [5.74, 6) is 0.654. The van der Waals surface area contributed by atoms with Crippen LogP contribution in [0.4, 0.5) is 5.95 Å². The van der Waals surface area contributed by atoms with Gasteiger partial charge in [-0.15, -0.1) is 0 Å². The van der Waals surface area contributed by atoms with Crippen molar-refractivity contribution in [2.75, 3.05) is 11.4 Å². The quantitative estimate of drug-likeness (QED) is 0.609.